The third-order valence-corrected chi connectivity index (χ3v) is 1.69. The molecule has 0 saturated carbocycles. The first-order valence-corrected chi connectivity index (χ1v) is 3.19. The van der Waals surface area contributed by atoms with Gasteiger partial charge in [-0.2, -0.15) is 0 Å². The van der Waals surface area contributed by atoms with Crippen molar-refractivity contribution in [2.24, 2.45) is 4.99 Å². The molecule has 0 radical (unpaired) electrons. The van der Waals surface area contributed by atoms with Crippen molar-refractivity contribution in [3.8, 4) is 0 Å². The average Bonchev–Trinajstić information content (AvgIpc) is 1.89. The molecule has 0 bridgehead atoms. The molecule has 0 amide bonds. The molecular formula is C6H10BNO2. The van der Waals surface area contributed by atoms with Crippen molar-refractivity contribution in [2.45, 2.75) is 12.2 Å². The van der Waals surface area contributed by atoms with Crippen molar-refractivity contribution < 1.29 is 10.0 Å². The fraction of sp³-hybridized carbons (Fsp3) is 0.500. The minimum Gasteiger partial charge on any atom is -0.426 e. The van der Waals surface area contributed by atoms with Crippen LogP contribution in [0.3, 0.4) is 0 Å². The van der Waals surface area contributed by atoms with E-state index >= 15 is 0 Å². The lowest BCUT2D eigenvalue weighted by Crippen LogP contribution is -2.32. The number of nitrogens with zero attached hydrogens (tertiary/aromatic N) is 1. The third kappa shape index (κ3) is 1.28. The molecule has 0 aromatic carbocycles. The molecule has 0 aromatic rings. The summed E-state index contributed by atoms with van der Waals surface area (Å²) in [6.45, 7) is 2.20. The van der Waals surface area contributed by atoms with Crippen molar-refractivity contribution in [1.82, 2.24) is 0 Å². The maximum atomic E-state index is 8.87. The molecule has 1 unspecified atom stereocenters. The molecule has 3 nitrogen and oxygen atoms in total. The van der Waals surface area contributed by atoms with Crippen molar-refractivity contribution in [2.75, 3.05) is 6.54 Å². The van der Waals surface area contributed by atoms with E-state index in [0.717, 1.165) is 0 Å². The summed E-state index contributed by atoms with van der Waals surface area (Å²) in [5.74, 6) is 0. The van der Waals surface area contributed by atoms with E-state index in [2.05, 4.69) is 4.99 Å². The van der Waals surface area contributed by atoms with Crippen LogP contribution in [0.15, 0.2) is 17.1 Å². The molecule has 1 atom stereocenters. The van der Waals surface area contributed by atoms with Crippen molar-refractivity contribution in [3.05, 3.63) is 12.2 Å². The first kappa shape index (κ1) is 7.50. The number of hydrogen-bond donors (Lipinski definition) is 2. The summed E-state index contributed by atoms with van der Waals surface area (Å²) in [6, 6.07) is 0. The van der Waals surface area contributed by atoms with Gasteiger partial charge in [-0.05, 0) is 6.08 Å². The van der Waals surface area contributed by atoms with Crippen LogP contribution in [0.5, 0.6) is 0 Å². The van der Waals surface area contributed by atoms with E-state index in [1.807, 2.05) is 0 Å². The number of aliphatic imine (C=N–C) groups is 1. The van der Waals surface area contributed by atoms with Crippen LogP contribution in [0, 0.1) is 0 Å². The SMILES string of the molecule is CC1(B(O)O)C=CC=NC1. The van der Waals surface area contributed by atoms with E-state index < -0.39 is 12.4 Å². The molecule has 54 valence electrons. The maximum Gasteiger partial charge on any atom is 0.463 e. The van der Waals surface area contributed by atoms with Crippen LogP contribution in [-0.2, 0) is 0 Å². The predicted molar refractivity (Wildman–Crippen MR) is 41.1 cm³/mol. The molecule has 0 saturated heterocycles. The Morgan fingerprint density at radius 1 is 1.60 bits per heavy atom. The minimum absolute atomic E-state index is 0.446. The molecule has 1 aliphatic rings. The summed E-state index contributed by atoms with van der Waals surface area (Å²) < 4.78 is 0. The van der Waals surface area contributed by atoms with Crippen LogP contribution in [0.4, 0.5) is 0 Å². The standard InChI is InChI=1S/C6H10BNO2/c1-6(7(9)10)3-2-4-8-5-6/h2-4,9-10H,5H2,1H3. The molecule has 10 heavy (non-hydrogen) atoms. The smallest absolute Gasteiger partial charge is 0.426 e. The number of dihydropyridines is 1. The van der Waals surface area contributed by atoms with Gasteiger partial charge in [-0.25, -0.2) is 0 Å². The minimum atomic E-state index is -1.32. The first-order chi connectivity index (χ1) is 4.65. The van der Waals surface area contributed by atoms with Gasteiger partial charge in [0.05, 0.1) is 0 Å². The molecular weight excluding hydrogens is 129 g/mol. The summed E-state index contributed by atoms with van der Waals surface area (Å²) in [5, 5.41) is 17.1. The summed E-state index contributed by atoms with van der Waals surface area (Å²) >= 11 is 0. The fourth-order valence-electron chi connectivity index (χ4n) is 0.794. The van der Waals surface area contributed by atoms with Crippen molar-refractivity contribution in [1.29, 1.82) is 0 Å². The van der Waals surface area contributed by atoms with E-state index in [4.69, 9.17) is 10.0 Å². The summed E-state index contributed by atoms with van der Waals surface area (Å²) in [6.07, 6.45) is 5.14. The Morgan fingerprint density at radius 3 is 2.60 bits per heavy atom. The zero-order valence-corrected chi connectivity index (χ0v) is 5.86. The molecule has 0 fully saturated rings. The lowest BCUT2D eigenvalue weighted by Gasteiger charge is -2.23. The highest BCUT2D eigenvalue weighted by molar-refractivity contribution is 6.46. The molecule has 0 aliphatic carbocycles. The summed E-state index contributed by atoms with van der Waals surface area (Å²) in [4.78, 5) is 3.92. The maximum absolute atomic E-state index is 8.87. The van der Waals surface area contributed by atoms with Gasteiger partial charge in [0, 0.05) is 18.1 Å². The molecule has 0 spiro atoms. The van der Waals surface area contributed by atoms with Crippen molar-refractivity contribution >= 4 is 13.3 Å². The second-order valence-electron chi connectivity index (χ2n) is 2.73. The van der Waals surface area contributed by atoms with E-state index in [0.29, 0.717) is 6.54 Å². The van der Waals surface area contributed by atoms with Gasteiger partial charge in [0.25, 0.3) is 0 Å². The molecule has 1 heterocycles. The highest BCUT2D eigenvalue weighted by Crippen LogP contribution is 2.30. The van der Waals surface area contributed by atoms with Gasteiger partial charge in [-0.15, -0.1) is 0 Å². The van der Waals surface area contributed by atoms with Crippen LogP contribution >= 0.6 is 0 Å². The number of allylic oxidation sites excluding steroid dienone is 1. The predicted octanol–water partition coefficient (Wildman–Crippen LogP) is -0.140. The monoisotopic (exact) mass is 139 g/mol. The molecule has 1 rings (SSSR count). The Bertz CT molecular complexity index is 179. The lowest BCUT2D eigenvalue weighted by atomic mass is 9.58. The Hall–Kier alpha value is -0.605. The van der Waals surface area contributed by atoms with Gasteiger partial charge < -0.3 is 10.0 Å². The Kier molecular flexibility index (Phi) is 1.92. The van der Waals surface area contributed by atoms with Gasteiger partial charge in [0.2, 0.25) is 0 Å². The normalized spacial score (nSPS) is 30.7. The van der Waals surface area contributed by atoms with Crippen LogP contribution in [0.25, 0.3) is 0 Å². The quantitative estimate of drug-likeness (QED) is 0.496. The van der Waals surface area contributed by atoms with Gasteiger partial charge >= 0.3 is 7.12 Å². The van der Waals surface area contributed by atoms with Crippen LogP contribution < -0.4 is 0 Å². The van der Waals surface area contributed by atoms with Crippen LogP contribution in [0.2, 0.25) is 5.31 Å². The zero-order chi connectivity index (χ0) is 7.61. The van der Waals surface area contributed by atoms with Crippen LogP contribution in [-0.4, -0.2) is 29.9 Å². The Labute approximate surface area is 60.2 Å². The second-order valence-corrected chi connectivity index (χ2v) is 2.73. The van der Waals surface area contributed by atoms with E-state index in [1.54, 1.807) is 25.3 Å². The highest BCUT2D eigenvalue weighted by Gasteiger charge is 2.35. The van der Waals surface area contributed by atoms with Gasteiger partial charge in [0.15, 0.2) is 0 Å². The lowest BCUT2D eigenvalue weighted by molar-refractivity contribution is 0.367. The number of rotatable bonds is 1. The topological polar surface area (TPSA) is 52.8 Å². The van der Waals surface area contributed by atoms with Gasteiger partial charge in [0.1, 0.15) is 0 Å². The van der Waals surface area contributed by atoms with Crippen LogP contribution in [0.1, 0.15) is 6.92 Å². The summed E-state index contributed by atoms with van der Waals surface area (Å²) in [5.41, 5.74) is 0. The Balaban J connectivity index is 2.70. The van der Waals surface area contributed by atoms with Crippen molar-refractivity contribution in [3.63, 3.8) is 0 Å². The largest absolute Gasteiger partial charge is 0.463 e. The van der Waals surface area contributed by atoms with E-state index in [-0.39, 0.29) is 0 Å². The third-order valence-electron chi connectivity index (χ3n) is 1.69. The van der Waals surface area contributed by atoms with E-state index in [9.17, 15) is 0 Å². The second kappa shape index (κ2) is 2.56. The Morgan fingerprint density at radius 2 is 2.30 bits per heavy atom. The molecule has 1 aliphatic heterocycles. The number of hydrogen-bond acceptors (Lipinski definition) is 3. The highest BCUT2D eigenvalue weighted by atomic mass is 16.4. The zero-order valence-electron chi connectivity index (χ0n) is 5.86. The van der Waals surface area contributed by atoms with Gasteiger partial charge in [-0.3, -0.25) is 4.99 Å². The fourth-order valence-corrected chi connectivity index (χ4v) is 0.794. The average molecular weight is 139 g/mol. The summed E-state index contributed by atoms with van der Waals surface area (Å²) in [7, 11) is -1.32. The molecule has 0 aromatic heterocycles. The van der Waals surface area contributed by atoms with E-state index in [1.165, 1.54) is 0 Å². The molecule has 4 heteroatoms. The van der Waals surface area contributed by atoms with Gasteiger partial charge in [-0.1, -0.05) is 13.0 Å². The molecule has 2 N–H and O–H groups in total. The first-order valence-electron chi connectivity index (χ1n) is 3.19.